The molecule has 3 nitrogen and oxygen atoms in total. The molecule has 0 aliphatic heterocycles. The van der Waals surface area contributed by atoms with E-state index in [1.807, 2.05) is 50.2 Å². The first-order valence-corrected chi connectivity index (χ1v) is 7.39. The summed E-state index contributed by atoms with van der Waals surface area (Å²) in [7, 11) is -4.17. The third kappa shape index (κ3) is 3.71. The SMILES string of the molecule is CC(C)(c1ccccc1)c1cccc(S(=O)(=O)O)c1.[NaH]. The fourth-order valence-electron chi connectivity index (χ4n) is 2.07. The molecule has 0 radical (unpaired) electrons. The van der Waals surface area contributed by atoms with E-state index < -0.39 is 10.1 Å². The van der Waals surface area contributed by atoms with Crippen LogP contribution >= 0.6 is 0 Å². The van der Waals surface area contributed by atoms with Gasteiger partial charge >= 0.3 is 29.6 Å². The van der Waals surface area contributed by atoms with Gasteiger partial charge in [-0.05, 0) is 23.3 Å². The molecular formula is C15H17NaO3S. The normalized spacial score (nSPS) is 11.8. The Kier molecular flexibility index (Phi) is 5.58. The molecule has 102 valence electrons. The third-order valence-electron chi connectivity index (χ3n) is 3.35. The molecule has 0 bridgehead atoms. The average molecular weight is 300 g/mol. The van der Waals surface area contributed by atoms with E-state index >= 15 is 0 Å². The zero-order valence-electron chi connectivity index (χ0n) is 10.9. The Morgan fingerprint density at radius 3 is 2.00 bits per heavy atom. The number of benzene rings is 2. The van der Waals surface area contributed by atoms with E-state index in [1.54, 1.807) is 6.07 Å². The van der Waals surface area contributed by atoms with Crippen molar-refractivity contribution in [3.8, 4) is 0 Å². The summed E-state index contributed by atoms with van der Waals surface area (Å²) < 4.78 is 31.5. The van der Waals surface area contributed by atoms with Gasteiger partial charge in [0.1, 0.15) is 0 Å². The molecule has 0 atom stereocenters. The monoisotopic (exact) mass is 300 g/mol. The number of hydrogen-bond donors (Lipinski definition) is 1. The van der Waals surface area contributed by atoms with Gasteiger partial charge in [0.25, 0.3) is 10.1 Å². The summed E-state index contributed by atoms with van der Waals surface area (Å²) in [5, 5.41) is 0. The van der Waals surface area contributed by atoms with Crippen molar-refractivity contribution in [2.45, 2.75) is 24.2 Å². The molecule has 0 aromatic heterocycles. The molecule has 0 heterocycles. The summed E-state index contributed by atoms with van der Waals surface area (Å²) in [6, 6.07) is 16.2. The van der Waals surface area contributed by atoms with E-state index in [0.29, 0.717) is 0 Å². The molecule has 0 saturated heterocycles. The molecule has 0 aliphatic carbocycles. The van der Waals surface area contributed by atoms with Crippen LogP contribution in [-0.4, -0.2) is 42.5 Å². The molecule has 0 saturated carbocycles. The minimum atomic E-state index is -4.17. The first kappa shape index (κ1) is 17.4. The molecule has 0 amide bonds. The Bertz CT molecular complexity index is 679. The van der Waals surface area contributed by atoms with E-state index in [2.05, 4.69) is 0 Å². The van der Waals surface area contributed by atoms with Crippen molar-refractivity contribution < 1.29 is 13.0 Å². The topological polar surface area (TPSA) is 54.4 Å². The van der Waals surface area contributed by atoms with Crippen molar-refractivity contribution in [1.29, 1.82) is 0 Å². The van der Waals surface area contributed by atoms with E-state index in [4.69, 9.17) is 4.55 Å². The van der Waals surface area contributed by atoms with Gasteiger partial charge in [-0.3, -0.25) is 4.55 Å². The molecule has 0 aliphatic rings. The van der Waals surface area contributed by atoms with Gasteiger partial charge in [-0.15, -0.1) is 0 Å². The van der Waals surface area contributed by atoms with Crippen LogP contribution in [0.3, 0.4) is 0 Å². The molecule has 0 fully saturated rings. The maximum absolute atomic E-state index is 11.2. The number of hydrogen-bond acceptors (Lipinski definition) is 2. The van der Waals surface area contributed by atoms with Crippen molar-refractivity contribution in [2.75, 3.05) is 0 Å². The molecule has 5 heteroatoms. The van der Waals surface area contributed by atoms with Crippen LogP contribution in [0.25, 0.3) is 0 Å². The second-order valence-corrected chi connectivity index (χ2v) is 6.42. The Hall–Kier alpha value is -0.650. The van der Waals surface area contributed by atoms with Crippen LogP contribution < -0.4 is 0 Å². The third-order valence-corrected chi connectivity index (χ3v) is 4.20. The van der Waals surface area contributed by atoms with Crippen LogP contribution in [0.2, 0.25) is 0 Å². The van der Waals surface area contributed by atoms with Gasteiger partial charge < -0.3 is 0 Å². The van der Waals surface area contributed by atoms with Gasteiger partial charge in [-0.2, -0.15) is 8.42 Å². The van der Waals surface area contributed by atoms with Gasteiger partial charge in [0.2, 0.25) is 0 Å². The zero-order chi connectivity index (χ0) is 14.1. The zero-order valence-corrected chi connectivity index (χ0v) is 11.7. The van der Waals surface area contributed by atoms with Gasteiger partial charge in [-0.1, -0.05) is 56.3 Å². The summed E-state index contributed by atoms with van der Waals surface area (Å²) in [5.41, 5.74) is 1.60. The van der Waals surface area contributed by atoms with Gasteiger partial charge in [0, 0.05) is 5.41 Å². The van der Waals surface area contributed by atoms with Crippen LogP contribution in [0.1, 0.15) is 25.0 Å². The molecular weight excluding hydrogens is 283 g/mol. The van der Waals surface area contributed by atoms with Crippen molar-refractivity contribution in [1.82, 2.24) is 0 Å². The Morgan fingerprint density at radius 2 is 1.45 bits per heavy atom. The Morgan fingerprint density at radius 1 is 0.900 bits per heavy atom. The van der Waals surface area contributed by atoms with E-state index in [1.165, 1.54) is 12.1 Å². The van der Waals surface area contributed by atoms with Gasteiger partial charge in [0.05, 0.1) is 4.90 Å². The van der Waals surface area contributed by atoms with Gasteiger partial charge in [0.15, 0.2) is 0 Å². The minimum absolute atomic E-state index is 0. The fraction of sp³-hybridized carbons (Fsp3) is 0.200. The van der Waals surface area contributed by atoms with Crippen molar-refractivity contribution >= 4 is 39.7 Å². The molecule has 2 aromatic carbocycles. The first-order chi connectivity index (χ1) is 8.82. The summed E-state index contributed by atoms with van der Waals surface area (Å²) >= 11 is 0. The summed E-state index contributed by atoms with van der Waals surface area (Å²) in [4.78, 5) is -0.0750. The van der Waals surface area contributed by atoms with Crippen LogP contribution in [-0.2, 0) is 15.5 Å². The van der Waals surface area contributed by atoms with Crippen LogP contribution in [0.5, 0.6) is 0 Å². The predicted octanol–water partition coefficient (Wildman–Crippen LogP) is 2.61. The summed E-state index contributed by atoms with van der Waals surface area (Å²) in [6.07, 6.45) is 0. The standard InChI is InChI=1S/C15H16O3S.Na.H/c1-15(2,12-7-4-3-5-8-12)13-9-6-10-14(11-13)19(16,17)18;;/h3-11H,1-2H3,(H,16,17,18);;. The average Bonchev–Trinajstić information content (AvgIpc) is 2.39. The summed E-state index contributed by atoms with van der Waals surface area (Å²) in [6.45, 7) is 4.04. The van der Waals surface area contributed by atoms with Crippen LogP contribution in [0.15, 0.2) is 59.5 Å². The van der Waals surface area contributed by atoms with E-state index in [0.717, 1.165) is 11.1 Å². The quantitative estimate of drug-likeness (QED) is 0.700. The molecule has 0 unspecified atom stereocenters. The maximum atomic E-state index is 11.2. The van der Waals surface area contributed by atoms with E-state index in [9.17, 15) is 8.42 Å². The summed E-state index contributed by atoms with van der Waals surface area (Å²) in [5.74, 6) is 0. The fourth-order valence-corrected chi connectivity index (χ4v) is 2.59. The Balaban J connectivity index is 0.00000200. The van der Waals surface area contributed by atoms with Crippen molar-refractivity contribution in [3.63, 3.8) is 0 Å². The second kappa shape index (κ2) is 6.41. The number of rotatable bonds is 3. The van der Waals surface area contributed by atoms with Gasteiger partial charge in [-0.25, -0.2) is 0 Å². The van der Waals surface area contributed by atoms with E-state index in [-0.39, 0.29) is 39.9 Å². The first-order valence-electron chi connectivity index (χ1n) is 5.95. The molecule has 2 rings (SSSR count). The molecule has 20 heavy (non-hydrogen) atoms. The van der Waals surface area contributed by atoms with Crippen LogP contribution in [0.4, 0.5) is 0 Å². The molecule has 2 aromatic rings. The molecule has 0 spiro atoms. The van der Waals surface area contributed by atoms with Crippen molar-refractivity contribution in [3.05, 3.63) is 65.7 Å². The molecule has 1 N–H and O–H groups in total. The second-order valence-electron chi connectivity index (χ2n) is 4.99. The predicted molar refractivity (Wildman–Crippen MR) is 82.0 cm³/mol. The Labute approximate surface area is 142 Å². The van der Waals surface area contributed by atoms with Crippen molar-refractivity contribution in [2.24, 2.45) is 0 Å². The van der Waals surface area contributed by atoms with Crippen LogP contribution in [0, 0.1) is 0 Å².